The van der Waals surface area contributed by atoms with E-state index in [2.05, 4.69) is 20.1 Å². The van der Waals surface area contributed by atoms with Crippen LogP contribution in [0.1, 0.15) is 32.1 Å². The third kappa shape index (κ3) is 3.21. The summed E-state index contributed by atoms with van der Waals surface area (Å²) in [6.07, 6.45) is 11.1. The van der Waals surface area contributed by atoms with E-state index in [1.54, 1.807) is 12.5 Å². The molecule has 0 unspecified atom stereocenters. The van der Waals surface area contributed by atoms with Crippen LogP contribution < -0.4 is 16.4 Å². The number of aromatic nitrogens is 5. The zero-order chi connectivity index (χ0) is 20.0. The predicted octanol–water partition coefficient (Wildman–Crippen LogP) is 3.00. The zero-order valence-corrected chi connectivity index (χ0v) is 17.5. The Labute approximate surface area is 178 Å². The summed E-state index contributed by atoms with van der Waals surface area (Å²) in [4.78, 5) is 12.8. The monoisotopic (exact) mass is 430 g/mol. The van der Waals surface area contributed by atoms with Crippen LogP contribution in [0.5, 0.6) is 0 Å². The van der Waals surface area contributed by atoms with Crippen molar-refractivity contribution in [1.82, 2.24) is 24.6 Å². The summed E-state index contributed by atoms with van der Waals surface area (Å²) in [5, 5.41) is 8.88. The molecular weight excluding hydrogens is 408 g/mol. The van der Waals surface area contributed by atoms with Gasteiger partial charge >= 0.3 is 0 Å². The molecule has 5 rings (SSSR count). The van der Waals surface area contributed by atoms with E-state index >= 15 is 0 Å². The van der Waals surface area contributed by atoms with Gasteiger partial charge in [0.1, 0.15) is 12.1 Å². The number of hydrogen-bond acceptors (Lipinski definition) is 8. The highest BCUT2D eigenvalue weighted by atomic mass is 35.5. The summed E-state index contributed by atoms with van der Waals surface area (Å²) in [6.45, 7) is 1.90. The average Bonchev–Trinajstić information content (AvgIpc) is 3.35. The average molecular weight is 431 g/mol. The molecule has 1 saturated heterocycles. The van der Waals surface area contributed by atoms with E-state index in [9.17, 15) is 0 Å². The molecule has 3 aromatic heterocycles. The molecule has 10 heteroatoms. The summed E-state index contributed by atoms with van der Waals surface area (Å²) in [5.74, 6) is 1.18. The topological polar surface area (TPSA) is 111 Å². The lowest BCUT2D eigenvalue weighted by molar-refractivity contribution is 0.197. The third-order valence-electron chi connectivity index (χ3n) is 6.40. The van der Waals surface area contributed by atoms with Crippen molar-refractivity contribution < 1.29 is 0 Å². The Kier molecular flexibility index (Phi) is 4.76. The minimum atomic E-state index is 0.311. The predicted molar refractivity (Wildman–Crippen MR) is 114 cm³/mol. The van der Waals surface area contributed by atoms with Gasteiger partial charge in [0.25, 0.3) is 0 Å². The molecule has 1 aliphatic carbocycles. The largest absolute Gasteiger partial charge is 0.382 e. The summed E-state index contributed by atoms with van der Waals surface area (Å²) in [7, 11) is 0. The first-order valence-electron chi connectivity index (χ1n) is 9.84. The second-order valence-electron chi connectivity index (χ2n) is 7.91. The second-order valence-corrected chi connectivity index (χ2v) is 9.37. The molecule has 1 aliphatic heterocycles. The van der Waals surface area contributed by atoms with Crippen LogP contribution in [0.4, 0.5) is 11.8 Å². The van der Waals surface area contributed by atoms with Gasteiger partial charge in [0.05, 0.1) is 9.92 Å². The van der Waals surface area contributed by atoms with Gasteiger partial charge < -0.3 is 16.4 Å². The van der Waals surface area contributed by atoms with Gasteiger partial charge in [-0.25, -0.2) is 14.4 Å². The summed E-state index contributed by atoms with van der Waals surface area (Å²) < 4.78 is 1.95. The molecule has 1 saturated carbocycles. The highest BCUT2D eigenvalue weighted by Gasteiger charge is 2.43. The quantitative estimate of drug-likeness (QED) is 0.652. The normalized spacial score (nSPS) is 21.3. The molecule has 1 spiro atoms. The molecule has 4 N–H and O–H groups in total. The maximum absolute atomic E-state index is 6.43. The molecular formula is C19H23ClN8S. The minimum absolute atomic E-state index is 0.311. The number of nitrogens with zero attached hydrogens (tertiary/aromatic N) is 6. The fraction of sp³-hybridized carbons (Fsp3) is 0.474. The Morgan fingerprint density at radius 2 is 2.00 bits per heavy atom. The van der Waals surface area contributed by atoms with Gasteiger partial charge in [-0.2, -0.15) is 0 Å². The Hall–Kier alpha value is -2.10. The molecule has 3 aromatic rings. The standard InChI is InChI=1S/C19H23ClN8S/c20-15-12(3-7-23-16(15)22)29-13-10-24-18(28-11-25-26-17(13)28)27-8-5-19(6-9-27)4-1-2-14(19)21/h3,7,10-11,14H,1-2,4-6,8-9,21H2,(H2,22,23)/t14-/m1/s1. The van der Waals surface area contributed by atoms with Crippen molar-refractivity contribution in [2.75, 3.05) is 23.7 Å². The van der Waals surface area contributed by atoms with Crippen molar-refractivity contribution in [3.8, 4) is 0 Å². The van der Waals surface area contributed by atoms with Crippen molar-refractivity contribution in [2.45, 2.75) is 47.9 Å². The maximum atomic E-state index is 6.43. The molecule has 152 valence electrons. The van der Waals surface area contributed by atoms with E-state index in [0.717, 1.165) is 53.7 Å². The first-order chi connectivity index (χ1) is 14.1. The number of hydrogen-bond donors (Lipinski definition) is 2. The zero-order valence-electron chi connectivity index (χ0n) is 16.0. The molecule has 1 atom stereocenters. The molecule has 2 aliphatic rings. The van der Waals surface area contributed by atoms with Crippen LogP contribution in [0.3, 0.4) is 0 Å². The van der Waals surface area contributed by atoms with E-state index in [0.29, 0.717) is 22.3 Å². The van der Waals surface area contributed by atoms with Crippen molar-refractivity contribution in [3.05, 3.63) is 29.8 Å². The summed E-state index contributed by atoms with van der Waals surface area (Å²) in [5.41, 5.74) is 13.3. The fourth-order valence-electron chi connectivity index (χ4n) is 4.67. The molecule has 0 aromatic carbocycles. The first-order valence-corrected chi connectivity index (χ1v) is 11.0. The number of pyridine rings is 1. The van der Waals surface area contributed by atoms with Crippen LogP contribution in [0.2, 0.25) is 5.02 Å². The van der Waals surface area contributed by atoms with E-state index in [-0.39, 0.29) is 0 Å². The molecule has 0 radical (unpaired) electrons. The first kappa shape index (κ1) is 18.9. The van der Waals surface area contributed by atoms with Crippen LogP contribution in [0.15, 0.2) is 34.6 Å². The van der Waals surface area contributed by atoms with Gasteiger partial charge in [0.15, 0.2) is 5.65 Å². The van der Waals surface area contributed by atoms with Crippen molar-refractivity contribution in [1.29, 1.82) is 0 Å². The number of halogens is 1. The highest BCUT2D eigenvalue weighted by Crippen LogP contribution is 2.46. The van der Waals surface area contributed by atoms with E-state index in [1.807, 2.05) is 16.7 Å². The minimum Gasteiger partial charge on any atom is -0.382 e. The van der Waals surface area contributed by atoms with Gasteiger partial charge in [-0.15, -0.1) is 10.2 Å². The smallest absolute Gasteiger partial charge is 0.212 e. The van der Waals surface area contributed by atoms with E-state index in [1.165, 1.54) is 24.6 Å². The van der Waals surface area contributed by atoms with E-state index in [4.69, 9.17) is 28.1 Å². The number of anilines is 2. The van der Waals surface area contributed by atoms with Crippen molar-refractivity contribution >= 4 is 40.8 Å². The van der Waals surface area contributed by atoms with Gasteiger partial charge in [-0.05, 0) is 37.2 Å². The molecule has 2 fully saturated rings. The number of nitrogen functional groups attached to an aromatic ring is 1. The lowest BCUT2D eigenvalue weighted by Crippen LogP contribution is -2.47. The van der Waals surface area contributed by atoms with Crippen LogP contribution in [-0.4, -0.2) is 43.7 Å². The van der Waals surface area contributed by atoms with Gasteiger partial charge in [-0.1, -0.05) is 29.8 Å². The number of piperidine rings is 1. The number of rotatable bonds is 3. The molecule has 8 nitrogen and oxygen atoms in total. The Bertz CT molecular complexity index is 1050. The number of fused-ring (bicyclic) bond motifs is 1. The Morgan fingerprint density at radius 3 is 2.76 bits per heavy atom. The number of nitrogens with two attached hydrogens (primary N) is 2. The van der Waals surface area contributed by atoms with Crippen LogP contribution in [0.25, 0.3) is 5.65 Å². The van der Waals surface area contributed by atoms with E-state index < -0.39 is 0 Å². The third-order valence-corrected chi connectivity index (χ3v) is 7.98. The van der Waals surface area contributed by atoms with Gasteiger partial charge in [-0.3, -0.25) is 0 Å². The van der Waals surface area contributed by atoms with Gasteiger partial charge in [0, 0.05) is 36.4 Å². The molecule has 0 amide bonds. The lowest BCUT2D eigenvalue weighted by atomic mass is 9.74. The van der Waals surface area contributed by atoms with Crippen molar-refractivity contribution in [3.63, 3.8) is 0 Å². The molecule has 0 bridgehead atoms. The Balaban J connectivity index is 1.42. The maximum Gasteiger partial charge on any atom is 0.212 e. The van der Waals surface area contributed by atoms with Gasteiger partial charge in [0.2, 0.25) is 5.95 Å². The highest BCUT2D eigenvalue weighted by molar-refractivity contribution is 7.99. The van der Waals surface area contributed by atoms with Crippen LogP contribution in [-0.2, 0) is 0 Å². The fourth-order valence-corrected chi connectivity index (χ4v) is 5.79. The van der Waals surface area contributed by atoms with Crippen LogP contribution in [0, 0.1) is 5.41 Å². The summed E-state index contributed by atoms with van der Waals surface area (Å²) >= 11 is 7.76. The summed E-state index contributed by atoms with van der Waals surface area (Å²) in [6, 6.07) is 2.17. The van der Waals surface area contributed by atoms with Crippen LogP contribution >= 0.6 is 23.4 Å². The lowest BCUT2D eigenvalue weighted by Gasteiger charge is -2.42. The Morgan fingerprint density at radius 1 is 1.17 bits per heavy atom. The second kappa shape index (κ2) is 7.30. The van der Waals surface area contributed by atoms with Crippen molar-refractivity contribution in [2.24, 2.45) is 11.1 Å². The molecule has 4 heterocycles. The SMILES string of the molecule is Nc1nccc(Sc2cnc(N3CCC4(CCC[C@H]4N)CC3)n3cnnc23)c1Cl. The molecule has 29 heavy (non-hydrogen) atoms.